The van der Waals surface area contributed by atoms with Gasteiger partial charge in [-0.1, -0.05) is 30.2 Å². The molecule has 1 atom stereocenters. The highest BCUT2D eigenvalue weighted by atomic mass is 16.2. The molecule has 0 aliphatic heterocycles. The van der Waals surface area contributed by atoms with Crippen LogP contribution < -0.4 is 11.1 Å². The van der Waals surface area contributed by atoms with Crippen LogP contribution in [0.2, 0.25) is 0 Å². The van der Waals surface area contributed by atoms with Crippen molar-refractivity contribution in [2.45, 2.75) is 46.1 Å². The van der Waals surface area contributed by atoms with Gasteiger partial charge in [-0.3, -0.25) is 4.79 Å². The second kappa shape index (κ2) is 5.33. The van der Waals surface area contributed by atoms with Crippen molar-refractivity contribution < 1.29 is 4.79 Å². The zero-order chi connectivity index (χ0) is 14.0. The van der Waals surface area contributed by atoms with Crippen molar-refractivity contribution in [1.29, 1.82) is 0 Å². The molecule has 0 bridgehead atoms. The standard InChI is InChI=1S/C16H24N2O/c1-11-5-6-12(2)14(9-11)13(3)18-15(19)16(10-17)7-4-8-16/h5-6,9,13H,4,7-8,10,17H2,1-3H3,(H,18,19). The molecule has 2 rings (SSSR count). The molecule has 1 saturated carbocycles. The third-order valence-corrected chi connectivity index (χ3v) is 4.43. The molecule has 104 valence electrons. The number of carbonyl (C=O) groups is 1. The van der Waals surface area contributed by atoms with E-state index in [0.29, 0.717) is 6.54 Å². The van der Waals surface area contributed by atoms with Crippen LogP contribution in [0.3, 0.4) is 0 Å². The third-order valence-electron chi connectivity index (χ3n) is 4.43. The summed E-state index contributed by atoms with van der Waals surface area (Å²) in [6.45, 7) is 6.66. The number of hydrogen-bond donors (Lipinski definition) is 2. The summed E-state index contributed by atoms with van der Waals surface area (Å²) in [4.78, 5) is 12.4. The molecule has 1 aliphatic carbocycles. The van der Waals surface area contributed by atoms with Gasteiger partial charge in [0.2, 0.25) is 5.91 Å². The predicted molar refractivity (Wildman–Crippen MR) is 77.8 cm³/mol. The van der Waals surface area contributed by atoms with Gasteiger partial charge in [0.05, 0.1) is 11.5 Å². The van der Waals surface area contributed by atoms with Crippen molar-refractivity contribution in [3.05, 3.63) is 34.9 Å². The van der Waals surface area contributed by atoms with Crippen LogP contribution in [0.25, 0.3) is 0 Å². The van der Waals surface area contributed by atoms with Crippen molar-refractivity contribution in [3.63, 3.8) is 0 Å². The largest absolute Gasteiger partial charge is 0.349 e. The monoisotopic (exact) mass is 260 g/mol. The van der Waals surface area contributed by atoms with Crippen molar-refractivity contribution in [2.75, 3.05) is 6.54 Å². The molecule has 1 aromatic rings. The zero-order valence-electron chi connectivity index (χ0n) is 12.1. The van der Waals surface area contributed by atoms with Crippen LogP contribution >= 0.6 is 0 Å². The average Bonchev–Trinajstić information content (AvgIpc) is 2.31. The highest BCUT2D eigenvalue weighted by molar-refractivity contribution is 5.84. The van der Waals surface area contributed by atoms with E-state index in [1.54, 1.807) is 0 Å². The topological polar surface area (TPSA) is 55.1 Å². The molecule has 0 spiro atoms. The highest BCUT2D eigenvalue weighted by Crippen LogP contribution is 2.40. The summed E-state index contributed by atoms with van der Waals surface area (Å²) < 4.78 is 0. The van der Waals surface area contributed by atoms with Gasteiger partial charge in [-0.15, -0.1) is 0 Å². The summed E-state index contributed by atoms with van der Waals surface area (Å²) in [5, 5.41) is 3.14. The number of nitrogens with two attached hydrogens (primary N) is 1. The van der Waals surface area contributed by atoms with Crippen LogP contribution in [-0.2, 0) is 4.79 Å². The lowest BCUT2D eigenvalue weighted by atomic mass is 9.68. The Hall–Kier alpha value is -1.35. The molecule has 3 nitrogen and oxygen atoms in total. The average molecular weight is 260 g/mol. The van der Waals surface area contributed by atoms with E-state index in [0.717, 1.165) is 19.3 Å². The summed E-state index contributed by atoms with van der Waals surface area (Å²) in [6.07, 6.45) is 2.96. The fourth-order valence-corrected chi connectivity index (χ4v) is 2.78. The molecule has 1 amide bonds. The normalized spacial score (nSPS) is 18.5. The van der Waals surface area contributed by atoms with Gasteiger partial charge in [0.25, 0.3) is 0 Å². The first-order valence-corrected chi connectivity index (χ1v) is 7.07. The summed E-state index contributed by atoms with van der Waals surface area (Å²) in [5.41, 5.74) is 9.11. The van der Waals surface area contributed by atoms with Gasteiger partial charge >= 0.3 is 0 Å². The number of hydrogen-bond acceptors (Lipinski definition) is 2. The predicted octanol–water partition coefficient (Wildman–Crippen LogP) is 2.61. The van der Waals surface area contributed by atoms with E-state index in [1.807, 2.05) is 6.92 Å². The van der Waals surface area contributed by atoms with Crippen LogP contribution in [0.1, 0.15) is 48.9 Å². The fraction of sp³-hybridized carbons (Fsp3) is 0.562. The maximum atomic E-state index is 12.4. The molecule has 1 aliphatic rings. The van der Waals surface area contributed by atoms with E-state index in [1.165, 1.54) is 16.7 Å². The number of rotatable bonds is 4. The number of aryl methyl sites for hydroxylation is 2. The first-order chi connectivity index (χ1) is 8.98. The summed E-state index contributed by atoms with van der Waals surface area (Å²) in [7, 11) is 0. The van der Waals surface area contributed by atoms with Gasteiger partial charge in [0.15, 0.2) is 0 Å². The van der Waals surface area contributed by atoms with Gasteiger partial charge in [-0.2, -0.15) is 0 Å². The SMILES string of the molecule is Cc1ccc(C)c(C(C)NC(=O)C2(CN)CCC2)c1. The number of nitrogens with one attached hydrogen (secondary N) is 1. The number of amides is 1. The molecule has 3 N–H and O–H groups in total. The zero-order valence-corrected chi connectivity index (χ0v) is 12.1. The van der Waals surface area contributed by atoms with Crippen LogP contribution in [-0.4, -0.2) is 12.5 Å². The minimum absolute atomic E-state index is 0.0384. The molecule has 0 saturated heterocycles. The van der Waals surface area contributed by atoms with Gasteiger partial charge in [0.1, 0.15) is 0 Å². The summed E-state index contributed by atoms with van der Waals surface area (Å²) in [5.74, 6) is 0.120. The Labute approximate surface area is 115 Å². The lowest BCUT2D eigenvalue weighted by Crippen LogP contribution is -2.50. The lowest BCUT2D eigenvalue weighted by molar-refractivity contribution is -0.135. The Kier molecular flexibility index (Phi) is 3.95. The maximum Gasteiger partial charge on any atom is 0.227 e. The molecular weight excluding hydrogens is 236 g/mol. The fourth-order valence-electron chi connectivity index (χ4n) is 2.78. The Morgan fingerprint density at radius 1 is 1.42 bits per heavy atom. The minimum atomic E-state index is -0.300. The molecule has 0 radical (unpaired) electrons. The van der Waals surface area contributed by atoms with Crippen molar-refractivity contribution in [1.82, 2.24) is 5.32 Å². The third kappa shape index (κ3) is 2.66. The first-order valence-electron chi connectivity index (χ1n) is 7.07. The van der Waals surface area contributed by atoms with Gasteiger partial charge in [-0.25, -0.2) is 0 Å². The number of benzene rings is 1. The van der Waals surface area contributed by atoms with E-state index in [9.17, 15) is 4.79 Å². The smallest absolute Gasteiger partial charge is 0.227 e. The second-order valence-corrected chi connectivity index (χ2v) is 5.89. The van der Waals surface area contributed by atoms with Crippen LogP contribution in [0.5, 0.6) is 0 Å². The van der Waals surface area contributed by atoms with E-state index >= 15 is 0 Å². The molecule has 1 aromatic carbocycles. The Morgan fingerprint density at radius 2 is 2.11 bits per heavy atom. The Balaban J connectivity index is 2.10. The molecular formula is C16H24N2O. The van der Waals surface area contributed by atoms with E-state index in [2.05, 4.69) is 37.4 Å². The molecule has 0 heterocycles. The van der Waals surface area contributed by atoms with E-state index < -0.39 is 0 Å². The lowest BCUT2D eigenvalue weighted by Gasteiger charge is -2.40. The van der Waals surface area contributed by atoms with Gasteiger partial charge in [0, 0.05) is 6.54 Å². The van der Waals surface area contributed by atoms with Crippen molar-refractivity contribution >= 4 is 5.91 Å². The van der Waals surface area contributed by atoms with Gasteiger partial charge < -0.3 is 11.1 Å². The van der Waals surface area contributed by atoms with Gasteiger partial charge in [-0.05, 0) is 44.7 Å². The quantitative estimate of drug-likeness (QED) is 0.874. The number of carbonyl (C=O) groups excluding carboxylic acids is 1. The highest BCUT2D eigenvalue weighted by Gasteiger charge is 2.43. The van der Waals surface area contributed by atoms with Crippen LogP contribution in [0.15, 0.2) is 18.2 Å². The maximum absolute atomic E-state index is 12.4. The molecule has 19 heavy (non-hydrogen) atoms. The second-order valence-electron chi connectivity index (χ2n) is 5.89. The molecule has 1 fully saturated rings. The van der Waals surface area contributed by atoms with E-state index in [-0.39, 0.29) is 17.4 Å². The minimum Gasteiger partial charge on any atom is -0.349 e. The molecule has 1 unspecified atom stereocenters. The summed E-state index contributed by atoms with van der Waals surface area (Å²) in [6, 6.07) is 6.39. The molecule has 3 heteroatoms. The molecule has 0 aromatic heterocycles. The van der Waals surface area contributed by atoms with Crippen molar-refractivity contribution in [2.24, 2.45) is 11.1 Å². The van der Waals surface area contributed by atoms with E-state index in [4.69, 9.17) is 5.73 Å². The summed E-state index contributed by atoms with van der Waals surface area (Å²) >= 11 is 0. The first kappa shape index (κ1) is 14.1. The van der Waals surface area contributed by atoms with Crippen LogP contribution in [0, 0.1) is 19.3 Å². The Morgan fingerprint density at radius 3 is 2.63 bits per heavy atom. The van der Waals surface area contributed by atoms with Crippen LogP contribution in [0.4, 0.5) is 0 Å². The Bertz CT molecular complexity index is 472. The van der Waals surface area contributed by atoms with Crippen molar-refractivity contribution in [3.8, 4) is 0 Å².